The molecule has 5 nitrogen and oxygen atoms in total. The normalized spacial score (nSPS) is 21.4. The first kappa shape index (κ1) is 23.2. The lowest BCUT2D eigenvalue weighted by molar-refractivity contribution is 0.122. The number of alkyl halides is 1. The molecule has 2 heterocycles. The Morgan fingerprint density at radius 1 is 1.45 bits per heavy atom. The number of nitrogens with zero attached hydrogens (tertiary/aromatic N) is 3. The highest BCUT2D eigenvalue weighted by molar-refractivity contribution is 5.82. The molecular formula is C23H37FN4O. The molecule has 2 N–H and O–H groups in total. The van der Waals surface area contributed by atoms with Gasteiger partial charge in [-0.05, 0) is 57.8 Å². The van der Waals surface area contributed by atoms with Gasteiger partial charge >= 0.3 is 0 Å². The van der Waals surface area contributed by atoms with Gasteiger partial charge in [0.05, 0.1) is 25.4 Å². The second-order valence-electron chi connectivity index (χ2n) is 7.91. The van der Waals surface area contributed by atoms with Crippen molar-refractivity contribution < 1.29 is 9.13 Å². The van der Waals surface area contributed by atoms with Crippen molar-refractivity contribution in [3.05, 3.63) is 46.5 Å². The van der Waals surface area contributed by atoms with Crippen LogP contribution in [0.1, 0.15) is 40.5 Å². The third kappa shape index (κ3) is 6.74. The summed E-state index contributed by atoms with van der Waals surface area (Å²) in [6.07, 6.45) is 8.66. The van der Waals surface area contributed by atoms with Crippen LogP contribution in [-0.4, -0.2) is 68.1 Å². The van der Waals surface area contributed by atoms with E-state index in [-0.39, 0.29) is 6.04 Å². The van der Waals surface area contributed by atoms with E-state index >= 15 is 0 Å². The SMILES string of the molecule is CCOCCN1C=CC(N)=C(C=NCC2=CC(C)=C(CCC(C)F)N(C)C2)C1C. The predicted molar refractivity (Wildman–Crippen MR) is 120 cm³/mol. The second-order valence-corrected chi connectivity index (χ2v) is 7.91. The van der Waals surface area contributed by atoms with Crippen molar-refractivity contribution in [3.8, 4) is 0 Å². The third-order valence-corrected chi connectivity index (χ3v) is 5.50. The lowest BCUT2D eigenvalue weighted by atomic mass is 10.0. The molecule has 0 aliphatic carbocycles. The standard InChI is InChI=1S/C23H37FN4O/c1-6-29-12-11-28-10-9-22(25)21(19(28)4)15-26-14-20-13-17(2)23(27(5)16-20)8-7-18(3)24/h9-10,13,15,18-19H,6-8,11-12,14,16,25H2,1-5H3. The molecule has 2 aliphatic heterocycles. The van der Waals surface area contributed by atoms with E-state index in [1.807, 2.05) is 25.4 Å². The smallest absolute Gasteiger partial charge is 0.0977 e. The van der Waals surface area contributed by atoms with Crippen LogP contribution in [0.5, 0.6) is 0 Å². The van der Waals surface area contributed by atoms with Crippen LogP contribution >= 0.6 is 0 Å². The molecule has 0 bridgehead atoms. The molecule has 0 fully saturated rings. The Morgan fingerprint density at radius 3 is 2.86 bits per heavy atom. The maximum absolute atomic E-state index is 13.2. The van der Waals surface area contributed by atoms with Crippen LogP contribution in [-0.2, 0) is 4.74 Å². The second kappa shape index (κ2) is 11.2. The Labute approximate surface area is 175 Å². The molecule has 0 aromatic heterocycles. The average Bonchev–Trinajstić information content (AvgIpc) is 2.65. The average molecular weight is 405 g/mol. The predicted octanol–water partition coefficient (Wildman–Crippen LogP) is 3.81. The number of nitrogens with two attached hydrogens (primary N) is 1. The summed E-state index contributed by atoms with van der Waals surface area (Å²) in [4.78, 5) is 9.13. The number of likely N-dealkylation sites (N-methyl/N-ethyl adjacent to an activating group) is 1. The molecule has 0 radical (unpaired) electrons. The fourth-order valence-corrected chi connectivity index (χ4v) is 3.80. The quantitative estimate of drug-likeness (QED) is 0.444. The highest BCUT2D eigenvalue weighted by atomic mass is 19.1. The molecule has 0 aromatic carbocycles. The van der Waals surface area contributed by atoms with E-state index in [0.717, 1.165) is 37.4 Å². The number of allylic oxidation sites excluding steroid dienone is 4. The van der Waals surface area contributed by atoms with E-state index in [1.54, 1.807) is 6.92 Å². The van der Waals surface area contributed by atoms with Crippen molar-refractivity contribution in [1.82, 2.24) is 9.80 Å². The fraction of sp³-hybridized carbons (Fsp3) is 0.609. The number of ether oxygens (including phenoxy) is 1. The first-order valence-corrected chi connectivity index (χ1v) is 10.6. The summed E-state index contributed by atoms with van der Waals surface area (Å²) in [6.45, 7) is 11.6. The lowest BCUT2D eigenvalue weighted by Crippen LogP contribution is -2.36. The molecule has 0 amide bonds. The number of hydrogen-bond donors (Lipinski definition) is 1. The highest BCUT2D eigenvalue weighted by Crippen LogP contribution is 2.24. The number of hydrogen-bond acceptors (Lipinski definition) is 5. The molecule has 0 aromatic rings. The fourth-order valence-electron chi connectivity index (χ4n) is 3.80. The van der Waals surface area contributed by atoms with Gasteiger partial charge in [-0.1, -0.05) is 6.08 Å². The van der Waals surface area contributed by atoms with Gasteiger partial charge in [0.25, 0.3) is 0 Å². The first-order chi connectivity index (χ1) is 13.8. The van der Waals surface area contributed by atoms with E-state index < -0.39 is 6.17 Å². The van der Waals surface area contributed by atoms with Gasteiger partial charge < -0.3 is 20.3 Å². The van der Waals surface area contributed by atoms with Gasteiger partial charge in [-0.25, -0.2) is 4.39 Å². The van der Waals surface area contributed by atoms with Crippen LogP contribution in [0.4, 0.5) is 4.39 Å². The zero-order chi connectivity index (χ0) is 21.4. The van der Waals surface area contributed by atoms with Crippen molar-refractivity contribution in [3.63, 3.8) is 0 Å². The zero-order valence-electron chi connectivity index (χ0n) is 18.6. The molecular weight excluding hydrogens is 367 g/mol. The van der Waals surface area contributed by atoms with Crippen molar-refractivity contribution in [2.24, 2.45) is 10.7 Å². The molecule has 6 heteroatoms. The Balaban J connectivity index is 1.99. The van der Waals surface area contributed by atoms with Gasteiger partial charge in [-0.15, -0.1) is 0 Å². The maximum atomic E-state index is 13.2. The topological polar surface area (TPSA) is 54.1 Å². The molecule has 2 rings (SSSR count). The minimum atomic E-state index is -0.767. The van der Waals surface area contributed by atoms with Crippen LogP contribution in [0.25, 0.3) is 0 Å². The molecule has 0 saturated heterocycles. The van der Waals surface area contributed by atoms with Crippen LogP contribution in [0.15, 0.2) is 51.5 Å². The molecule has 2 atom stereocenters. The van der Waals surface area contributed by atoms with Crippen LogP contribution < -0.4 is 5.73 Å². The van der Waals surface area contributed by atoms with E-state index in [2.05, 4.69) is 41.8 Å². The Kier molecular flexibility index (Phi) is 8.96. The van der Waals surface area contributed by atoms with Gasteiger partial charge in [0, 0.05) is 56.1 Å². The van der Waals surface area contributed by atoms with E-state index in [4.69, 9.17) is 10.5 Å². The van der Waals surface area contributed by atoms with Gasteiger partial charge in [-0.2, -0.15) is 0 Å². The minimum absolute atomic E-state index is 0.170. The van der Waals surface area contributed by atoms with Crippen molar-refractivity contribution in [1.29, 1.82) is 0 Å². The lowest BCUT2D eigenvalue weighted by Gasteiger charge is -2.32. The Bertz CT molecular complexity index is 706. The molecule has 2 unspecified atom stereocenters. The van der Waals surface area contributed by atoms with Gasteiger partial charge in [0.2, 0.25) is 0 Å². The van der Waals surface area contributed by atoms with Gasteiger partial charge in [0.15, 0.2) is 0 Å². The number of aliphatic imine (C=N–C) groups is 1. The summed E-state index contributed by atoms with van der Waals surface area (Å²) in [5, 5.41) is 0. The minimum Gasteiger partial charge on any atom is -0.398 e. The van der Waals surface area contributed by atoms with E-state index in [1.165, 1.54) is 16.8 Å². The molecule has 29 heavy (non-hydrogen) atoms. The third-order valence-electron chi connectivity index (χ3n) is 5.50. The summed E-state index contributed by atoms with van der Waals surface area (Å²) in [6, 6.07) is 0.170. The highest BCUT2D eigenvalue weighted by Gasteiger charge is 2.20. The molecule has 0 saturated carbocycles. The summed E-state index contributed by atoms with van der Waals surface area (Å²) in [5.41, 5.74) is 11.7. The van der Waals surface area contributed by atoms with Crippen molar-refractivity contribution in [2.45, 2.75) is 52.8 Å². The summed E-state index contributed by atoms with van der Waals surface area (Å²) in [5.74, 6) is 0. The molecule has 0 spiro atoms. The number of rotatable bonds is 10. The number of halogens is 1. The van der Waals surface area contributed by atoms with Crippen LogP contribution in [0.2, 0.25) is 0 Å². The zero-order valence-corrected chi connectivity index (χ0v) is 18.6. The first-order valence-electron chi connectivity index (χ1n) is 10.6. The molecule has 162 valence electrons. The van der Waals surface area contributed by atoms with Gasteiger partial charge in [-0.3, -0.25) is 4.99 Å². The molecule has 2 aliphatic rings. The summed E-state index contributed by atoms with van der Waals surface area (Å²) >= 11 is 0. The van der Waals surface area contributed by atoms with E-state index in [9.17, 15) is 4.39 Å². The Hall–Kier alpha value is -2.08. The maximum Gasteiger partial charge on any atom is 0.0977 e. The largest absolute Gasteiger partial charge is 0.398 e. The Morgan fingerprint density at radius 2 is 2.21 bits per heavy atom. The van der Waals surface area contributed by atoms with Crippen LogP contribution in [0.3, 0.4) is 0 Å². The van der Waals surface area contributed by atoms with Gasteiger partial charge in [0.1, 0.15) is 0 Å². The van der Waals surface area contributed by atoms with Crippen LogP contribution in [0, 0.1) is 0 Å². The van der Waals surface area contributed by atoms with Crippen molar-refractivity contribution >= 4 is 6.21 Å². The monoisotopic (exact) mass is 404 g/mol. The van der Waals surface area contributed by atoms with Crippen molar-refractivity contribution in [2.75, 3.05) is 39.9 Å². The van der Waals surface area contributed by atoms with E-state index in [0.29, 0.717) is 19.6 Å². The summed E-state index contributed by atoms with van der Waals surface area (Å²) in [7, 11) is 2.07. The summed E-state index contributed by atoms with van der Waals surface area (Å²) < 4.78 is 18.7.